The molecule has 5 heterocycles. The van der Waals surface area contributed by atoms with E-state index in [9.17, 15) is 0 Å². The predicted molar refractivity (Wildman–Crippen MR) is 343 cm³/mol. The molecular formula is C76H57BN4. The van der Waals surface area contributed by atoms with E-state index >= 15 is 0 Å². The number of rotatable bonds is 6. The summed E-state index contributed by atoms with van der Waals surface area (Å²) < 4.78 is 5.32. The highest BCUT2D eigenvalue weighted by Crippen LogP contribution is 2.50. The molecule has 0 unspecified atom stereocenters. The lowest BCUT2D eigenvalue weighted by Crippen LogP contribution is -2.59. The van der Waals surface area contributed by atoms with E-state index in [0.29, 0.717) is 5.82 Å². The summed E-state index contributed by atoms with van der Waals surface area (Å²) in [4.78, 5) is 11.2. The summed E-state index contributed by atoms with van der Waals surface area (Å²) in [5.41, 5.74) is 26.8. The average molecular weight is 1040 g/mol. The van der Waals surface area contributed by atoms with Crippen LogP contribution in [0, 0.1) is 0 Å². The van der Waals surface area contributed by atoms with E-state index in [4.69, 9.17) is 9.97 Å². The third-order valence-corrected chi connectivity index (χ3v) is 17.5. The number of nitrogens with zero attached hydrogens (tertiary/aromatic N) is 4. The molecule has 0 atom stereocenters. The fraction of sp³-hybridized carbons (Fsp3) is 0.105. The van der Waals surface area contributed by atoms with Gasteiger partial charge in [0.05, 0.1) is 22.2 Å². The molecular weight excluding hydrogens is 980 g/mol. The summed E-state index contributed by atoms with van der Waals surface area (Å²) in [6, 6.07) is 87.7. The standard InChI is InChI=1S/C76H57BN4/c1-75(2,3)57-36-38-59-72-68(57)66-55(48-28-16-9-17-29-48)40-51(46-24-12-7-13-25-46)42-62(66)80(72)64-44-53(74-78-61-35-23-22-34-54(61)71(79-74)50-32-20-11-21-33-50)45-65-70(64)77(59)60-39-37-58(76(4,5)6)69-67-56(49-30-18-10-19-31-49)41-52(47-26-14-8-15-27-47)43-63(67)81(65)73(60)69/h7-45H,1-6H3. The Hall–Kier alpha value is -9.58. The fourth-order valence-electron chi connectivity index (χ4n) is 14.0. The van der Waals surface area contributed by atoms with Crippen LogP contribution in [0.5, 0.6) is 0 Å². The molecule has 0 spiro atoms. The largest absolute Gasteiger partial charge is 0.310 e. The number of hydrogen-bond acceptors (Lipinski definition) is 2. The van der Waals surface area contributed by atoms with Crippen LogP contribution >= 0.6 is 0 Å². The van der Waals surface area contributed by atoms with Crippen molar-refractivity contribution in [2.24, 2.45) is 0 Å². The van der Waals surface area contributed by atoms with Crippen LogP contribution in [0.25, 0.3) is 133 Å². The van der Waals surface area contributed by atoms with Gasteiger partial charge < -0.3 is 9.13 Å². The third kappa shape index (κ3) is 7.10. The summed E-state index contributed by atoms with van der Waals surface area (Å²) in [6.45, 7) is 14.2. The highest BCUT2D eigenvalue weighted by molar-refractivity contribution is 7.00. The number of fused-ring (bicyclic) bond motifs is 11. The smallest absolute Gasteiger partial charge is 0.252 e. The van der Waals surface area contributed by atoms with Gasteiger partial charge in [-0.3, -0.25) is 0 Å². The SMILES string of the molecule is CC(C)(C)c1ccc2c3c1c1c(-c4ccccc4)cc(-c4ccccc4)cc1n3-c1cc(-c3nc(-c4ccccc4)c4ccccc4n3)cc3c1B2c1ccc(C(C)(C)C)c2c4c(-c5ccccc5)cc(-c5ccccc5)cc4n-3c12. The van der Waals surface area contributed by atoms with Crippen molar-refractivity contribution in [3.63, 3.8) is 0 Å². The van der Waals surface area contributed by atoms with Gasteiger partial charge in [0, 0.05) is 60.5 Å². The Morgan fingerprint density at radius 2 is 0.753 bits per heavy atom. The molecule has 16 rings (SSSR count). The van der Waals surface area contributed by atoms with Crippen molar-refractivity contribution in [3.8, 4) is 78.5 Å². The van der Waals surface area contributed by atoms with Gasteiger partial charge in [0.1, 0.15) is 0 Å². The zero-order valence-corrected chi connectivity index (χ0v) is 46.4. The summed E-state index contributed by atoms with van der Waals surface area (Å²) in [5, 5.41) is 6.19. The molecule has 14 aromatic rings. The van der Waals surface area contributed by atoms with Gasteiger partial charge in [-0.05, 0) is 125 Å². The maximum absolute atomic E-state index is 5.67. The van der Waals surface area contributed by atoms with Crippen molar-refractivity contribution in [2.45, 2.75) is 52.4 Å². The Morgan fingerprint density at radius 3 is 1.20 bits per heavy atom. The van der Waals surface area contributed by atoms with E-state index in [1.807, 2.05) is 0 Å². The second kappa shape index (κ2) is 17.5. The van der Waals surface area contributed by atoms with E-state index in [-0.39, 0.29) is 17.5 Å². The molecule has 5 heteroatoms. The molecule has 0 bridgehead atoms. The van der Waals surface area contributed by atoms with Crippen LogP contribution < -0.4 is 16.4 Å². The first-order valence-corrected chi connectivity index (χ1v) is 28.5. The van der Waals surface area contributed by atoms with Crippen LogP contribution in [0.3, 0.4) is 0 Å². The lowest BCUT2D eigenvalue weighted by atomic mass is 9.34. The first-order valence-electron chi connectivity index (χ1n) is 28.5. The number of benzene rings is 11. The molecule has 0 fully saturated rings. The van der Waals surface area contributed by atoms with Gasteiger partial charge in [-0.2, -0.15) is 0 Å². The van der Waals surface area contributed by atoms with Crippen LogP contribution in [0.2, 0.25) is 0 Å². The molecule has 384 valence electrons. The topological polar surface area (TPSA) is 35.6 Å². The van der Waals surface area contributed by atoms with E-state index in [1.54, 1.807) is 0 Å². The molecule has 11 aromatic carbocycles. The Balaban J connectivity index is 1.14. The first kappa shape index (κ1) is 47.4. The van der Waals surface area contributed by atoms with E-state index in [1.165, 1.54) is 116 Å². The van der Waals surface area contributed by atoms with Crippen molar-refractivity contribution in [1.29, 1.82) is 0 Å². The second-order valence-corrected chi connectivity index (χ2v) is 24.5. The summed E-state index contributed by atoms with van der Waals surface area (Å²) >= 11 is 0. The van der Waals surface area contributed by atoms with Crippen molar-refractivity contribution >= 4 is 77.6 Å². The molecule has 2 aliphatic rings. The van der Waals surface area contributed by atoms with E-state index in [2.05, 4.69) is 287 Å². The van der Waals surface area contributed by atoms with Crippen molar-refractivity contribution < 1.29 is 0 Å². The molecule has 0 radical (unpaired) electrons. The molecule has 3 aromatic heterocycles. The maximum atomic E-state index is 5.67. The van der Waals surface area contributed by atoms with Gasteiger partial charge in [-0.1, -0.05) is 236 Å². The molecule has 4 nitrogen and oxygen atoms in total. The summed E-state index contributed by atoms with van der Waals surface area (Å²) in [6.07, 6.45) is 0. The molecule has 0 saturated heterocycles. The summed E-state index contributed by atoms with van der Waals surface area (Å²) in [7, 11) is 0. The van der Waals surface area contributed by atoms with Gasteiger partial charge >= 0.3 is 0 Å². The molecule has 2 aliphatic heterocycles. The normalized spacial score (nSPS) is 12.8. The molecule has 0 amide bonds. The zero-order chi connectivity index (χ0) is 54.5. The van der Waals surface area contributed by atoms with Crippen molar-refractivity contribution in [1.82, 2.24) is 19.1 Å². The van der Waals surface area contributed by atoms with E-state index in [0.717, 1.165) is 39.1 Å². The minimum atomic E-state index is -0.186. The summed E-state index contributed by atoms with van der Waals surface area (Å²) in [5.74, 6) is 0.692. The van der Waals surface area contributed by atoms with Crippen LogP contribution in [-0.2, 0) is 10.8 Å². The van der Waals surface area contributed by atoms with Crippen LogP contribution in [0.1, 0.15) is 52.7 Å². The van der Waals surface area contributed by atoms with E-state index < -0.39 is 0 Å². The van der Waals surface area contributed by atoms with Gasteiger partial charge in [0.25, 0.3) is 6.71 Å². The molecule has 0 aliphatic carbocycles. The minimum Gasteiger partial charge on any atom is -0.310 e. The highest BCUT2D eigenvalue weighted by Gasteiger charge is 2.44. The van der Waals surface area contributed by atoms with Crippen LogP contribution in [0.15, 0.2) is 237 Å². The minimum absolute atomic E-state index is 0.106. The van der Waals surface area contributed by atoms with Gasteiger partial charge in [0.2, 0.25) is 0 Å². The highest BCUT2D eigenvalue weighted by atomic mass is 15.0. The lowest BCUT2D eigenvalue weighted by Gasteiger charge is -2.35. The van der Waals surface area contributed by atoms with Crippen LogP contribution in [-0.4, -0.2) is 25.8 Å². The maximum Gasteiger partial charge on any atom is 0.252 e. The Kier molecular flexibility index (Phi) is 10.2. The second-order valence-electron chi connectivity index (χ2n) is 24.5. The first-order chi connectivity index (χ1) is 39.5. The molecule has 81 heavy (non-hydrogen) atoms. The monoisotopic (exact) mass is 1040 g/mol. The third-order valence-electron chi connectivity index (χ3n) is 17.5. The van der Waals surface area contributed by atoms with Crippen molar-refractivity contribution in [2.75, 3.05) is 0 Å². The zero-order valence-electron chi connectivity index (χ0n) is 46.4. The number of para-hydroxylation sites is 1. The average Bonchev–Trinajstić information content (AvgIpc) is 3.64. The van der Waals surface area contributed by atoms with Gasteiger partial charge in [-0.15, -0.1) is 0 Å². The van der Waals surface area contributed by atoms with Crippen molar-refractivity contribution in [3.05, 3.63) is 248 Å². The fourth-order valence-corrected chi connectivity index (χ4v) is 14.0. The quantitative estimate of drug-likeness (QED) is 0.156. The van der Waals surface area contributed by atoms with Gasteiger partial charge in [0.15, 0.2) is 5.82 Å². The number of hydrogen-bond donors (Lipinski definition) is 0. The van der Waals surface area contributed by atoms with Crippen LogP contribution in [0.4, 0.5) is 0 Å². The number of aromatic nitrogens is 4. The Bertz CT molecular complexity index is 4660. The molecule has 0 N–H and O–H groups in total. The van der Waals surface area contributed by atoms with Gasteiger partial charge in [-0.25, -0.2) is 9.97 Å². The Labute approximate surface area is 472 Å². The lowest BCUT2D eigenvalue weighted by molar-refractivity contribution is 0.596. The molecule has 0 saturated carbocycles. The predicted octanol–water partition coefficient (Wildman–Crippen LogP) is 17.6. The Morgan fingerprint density at radius 1 is 0.346 bits per heavy atom.